The highest BCUT2D eigenvalue weighted by molar-refractivity contribution is 5.71. The van der Waals surface area contributed by atoms with E-state index >= 15 is 0 Å². The van der Waals surface area contributed by atoms with Gasteiger partial charge in [-0.05, 0) is 89.9 Å². The fourth-order valence-electron chi connectivity index (χ4n) is 6.41. The Morgan fingerprint density at radius 3 is 1.04 bits per heavy atom. The smallest absolute Gasteiger partial charge is 0.306 e. The molecule has 0 amide bonds. The third-order valence-corrected chi connectivity index (χ3v) is 10.3. The second-order valence-corrected chi connectivity index (χ2v) is 16.6. The molecule has 0 heterocycles. The number of unbranched alkanes of at least 4 members (excludes halogenated alkanes) is 16. The van der Waals surface area contributed by atoms with Crippen LogP contribution in [-0.2, 0) is 28.6 Å². The highest BCUT2D eigenvalue weighted by Crippen LogP contribution is 2.13. The molecule has 0 fully saturated rings. The molecule has 0 saturated heterocycles. The van der Waals surface area contributed by atoms with E-state index in [9.17, 15) is 14.4 Å². The van der Waals surface area contributed by atoms with E-state index in [0.29, 0.717) is 19.3 Å². The molecule has 0 N–H and O–H groups in total. The first-order valence-corrected chi connectivity index (χ1v) is 26.1. The van der Waals surface area contributed by atoms with Crippen LogP contribution < -0.4 is 0 Å². The van der Waals surface area contributed by atoms with Gasteiger partial charge in [0.25, 0.3) is 0 Å². The summed E-state index contributed by atoms with van der Waals surface area (Å²) in [5, 5.41) is 0. The van der Waals surface area contributed by atoms with E-state index in [2.05, 4.69) is 69.4 Å². The summed E-state index contributed by atoms with van der Waals surface area (Å²) in [5.74, 6) is -1.03. The Hall–Kier alpha value is -4.97. The molecule has 0 rings (SSSR count). The second kappa shape index (κ2) is 53.6. The van der Waals surface area contributed by atoms with Gasteiger partial charge in [0.1, 0.15) is 13.2 Å². The van der Waals surface area contributed by atoms with Gasteiger partial charge in [0.2, 0.25) is 0 Å². The summed E-state index contributed by atoms with van der Waals surface area (Å²) in [4.78, 5) is 38.0. The van der Waals surface area contributed by atoms with Gasteiger partial charge in [-0.3, -0.25) is 14.4 Å². The van der Waals surface area contributed by atoms with E-state index in [-0.39, 0.29) is 37.5 Å². The van der Waals surface area contributed by atoms with E-state index in [0.717, 1.165) is 96.3 Å². The molecule has 0 aromatic carbocycles. The molecule has 0 aliphatic heterocycles. The molecule has 0 aliphatic carbocycles. The van der Waals surface area contributed by atoms with Gasteiger partial charge < -0.3 is 14.2 Å². The van der Waals surface area contributed by atoms with Gasteiger partial charge in [-0.15, -0.1) is 0 Å². The van der Waals surface area contributed by atoms with Gasteiger partial charge in [-0.2, -0.15) is 0 Å². The predicted molar refractivity (Wildman–Crippen MR) is 288 cm³/mol. The van der Waals surface area contributed by atoms with Gasteiger partial charge in [-0.25, -0.2) is 0 Å². The average Bonchev–Trinajstić information content (AvgIpc) is 3.33. The summed E-state index contributed by atoms with van der Waals surface area (Å²) in [7, 11) is 0. The van der Waals surface area contributed by atoms with Crippen molar-refractivity contribution in [1.82, 2.24) is 0 Å². The maximum Gasteiger partial charge on any atom is 0.306 e. The van der Waals surface area contributed by atoms with Crippen LogP contribution in [0.15, 0.2) is 158 Å². The first-order valence-electron chi connectivity index (χ1n) is 26.1. The minimum Gasteiger partial charge on any atom is -0.462 e. The number of rotatable bonds is 44. The topological polar surface area (TPSA) is 78.9 Å². The number of carbonyl (C=O) groups excluding carboxylic acids is 3. The third kappa shape index (κ3) is 51.9. The van der Waals surface area contributed by atoms with Crippen molar-refractivity contribution in [2.24, 2.45) is 0 Å². The lowest BCUT2D eigenvalue weighted by Crippen LogP contribution is -2.30. The first-order chi connectivity index (χ1) is 33.0. The lowest BCUT2D eigenvalue weighted by molar-refractivity contribution is -0.167. The summed E-state index contributed by atoms with van der Waals surface area (Å²) >= 11 is 0. The second-order valence-electron chi connectivity index (χ2n) is 16.6. The summed E-state index contributed by atoms with van der Waals surface area (Å²) < 4.78 is 16.7. The van der Waals surface area contributed by atoms with Crippen LogP contribution >= 0.6 is 0 Å². The van der Waals surface area contributed by atoms with Crippen molar-refractivity contribution in [3.63, 3.8) is 0 Å². The van der Waals surface area contributed by atoms with Crippen LogP contribution in [0.25, 0.3) is 0 Å². The van der Waals surface area contributed by atoms with Crippen LogP contribution in [0.3, 0.4) is 0 Å². The number of esters is 3. The maximum atomic E-state index is 12.8. The summed E-state index contributed by atoms with van der Waals surface area (Å²) in [6.45, 7) is 6.22. The molecule has 6 heteroatoms. The molecule has 0 saturated carbocycles. The summed E-state index contributed by atoms with van der Waals surface area (Å²) in [6.07, 6.45) is 77.9. The highest BCUT2D eigenvalue weighted by atomic mass is 16.6. The number of hydrogen-bond donors (Lipinski definition) is 0. The largest absolute Gasteiger partial charge is 0.462 e. The molecular weight excluding hydrogens is 829 g/mol. The standard InChI is InChI=1S/C61H92O6/c1-4-7-10-13-16-19-22-25-27-29-30-32-33-36-39-42-45-48-51-54-60(63)66-57-58(56-65-59(62)53-50-47-44-41-38-35-24-21-18-15-12-9-6-3)67-61(64)55-52-49-46-43-40-37-34-31-28-26-23-20-17-14-11-8-5-2/h7,9-10,12-13,15-22,24-30,32-33,35-36,38-39,58H,4-6,8,11,14,23,31,34,37,40-57H2,1-3H3/b10-7-,12-9-,16-13-,18-15-,20-17-,22-19-,24-21-,27-25-,28-26-,30-29+,33-32-,38-35-,39-36-. The van der Waals surface area contributed by atoms with Crippen molar-refractivity contribution in [1.29, 1.82) is 0 Å². The minimum absolute atomic E-state index is 0.125. The van der Waals surface area contributed by atoms with E-state index < -0.39 is 6.10 Å². The number of hydrogen-bond acceptors (Lipinski definition) is 6. The molecule has 0 radical (unpaired) electrons. The van der Waals surface area contributed by atoms with Crippen molar-refractivity contribution in [3.8, 4) is 0 Å². The fraction of sp³-hybridized carbons (Fsp3) is 0.525. The molecule has 0 bridgehead atoms. The fourth-order valence-corrected chi connectivity index (χ4v) is 6.41. The lowest BCUT2D eigenvalue weighted by Gasteiger charge is -2.18. The monoisotopic (exact) mass is 921 g/mol. The molecule has 0 aromatic rings. The quantitative estimate of drug-likeness (QED) is 0.0199. The molecule has 1 atom stereocenters. The molecule has 0 spiro atoms. The van der Waals surface area contributed by atoms with Gasteiger partial charge >= 0.3 is 17.9 Å². The van der Waals surface area contributed by atoms with Gasteiger partial charge in [-0.1, -0.05) is 237 Å². The van der Waals surface area contributed by atoms with Crippen LogP contribution in [0.4, 0.5) is 0 Å². The van der Waals surface area contributed by atoms with Gasteiger partial charge in [0, 0.05) is 19.3 Å². The van der Waals surface area contributed by atoms with Crippen LogP contribution in [0.2, 0.25) is 0 Å². The number of carbonyl (C=O) groups is 3. The Bertz CT molecular complexity index is 1570. The molecule has 67 heavy (non-hydrogen) atoms. The zero-order valence-corrected chi connectivity index (χ0v) is 42.3. The third-order valence-electron chi connectivity index (χ3n) is 10.3. The Balaban J connectivity index is 4.59. The van der Waals surface area contributed by atoms with Crippen LogP contribution in [0, 0.1) is 0 Å². The van der Waals surface area contributed by atoms with E-state index in [1.807, 2.05) is 109 Å². The number of allylic oxidation sites excluding steroid dienone is 26. The van der Waals surface area contributed by atoms with Crippen LogP contribution in [0.1, 0.15) is 188 Å². The summed E-state index contributed by atoms with van der Waals surface area (Å²) in [5.41, 5.74) is 0. The molecule has 372 valence electrons. The van der Waals surface area contributed by atoms with Crippen LogP contribution in [-0.4, -0.2) is 37.2 Å². The van der Waals surface area contributed by atoms with Gasteiger partial charge in [0.05, 0.1) is 0 Å². The van der Waals surface area contributed by atoms with Crippen molar-refractivity contribution in [3.05, 3.63) is 158 Å². The maximum absolute atomic E-state index is 12.8. The Morgan fingerprint density at radius 1 is 0.328 bits per heavy atom. The molecule has 6 nitrogen and oxygen atoms in total. The Labute approximate surface area is 409 Å². The van der Waals surface area contributed by atoms with Crippen molar-refractivity contribution in [2.75, 3.05) is 13.2 Å². The van der Waals surface area contributed by atoms with Crippen molar-refractivity contribution >= 4 is 17.9 Å². The molecular formula is C61H92O6. The minimum atomic E-state index is -0.826. The Kier molecular flexibility index (Phi) is 49.7. The van der Waals surface area contributed by atoms with Gasteiger partial charge in [0.15, 0.2) is 6.10 Å². The van der Waals surface area contributed by atoms with Crippen LogP contribution in [0.5, 0.6) is 0 Å². The van der Waals surface area contributed by atoms with E-state index in [1.54, 1.807) is 0 Å². The average molecular weight is 921 g/mol. The SMILES string of the molecule is CC\C=C/C=C\C=C/C=C\C=C\C=C/C=C\CCCCCC(=O)OCC(COC(=O)CCCCC\C=C/C=C\C=C/C=C\CC)OC(=O)CCCCCCCCC/C=C\C/C=C\CCCCC. The first kappa shape index (κ1) is 62.0. The molecule has 0 aliphatic rings. The predicted octanol–water partition coefficient (Wildman–Crippen LogP) is 17.4. The highest BCUT2D eigenvalue weighted by Gasteiger charge is 2.19. The Morgan fingerprint density at radius 2 is 0.642 bits per heavy atom. The van der Waals surface area contributed by atoms with E-state index in [4.69, 9.17) is 14.2 Å². The zero-order chi connectivity index (χ0) is 48.6. The summed E-state index contributed by atoms with van der Waals surface area (Å²) in [6, 6.07) is 0. The number of ether oxygens (including phenoxy) is 3. The normalized spacial score (nSPS) is 13.4. The van der Waals surface area contributed by atoms with Crippen molar-refractivity contribution in [2.45, 2.75) is 194 Å². The lowest BCUT2D eigenvalue weighted by atomic mass is 10.1. The van der Waals surface area contributed by atoms with Crippen molar-refractivity contribution < 1.29 is 28.6 Å². The zero-order valence-electron chi connectivity index (χ0n) is 42.3. The molecule has 0 aromatic heterocycles. The van der Waals surface area contributed by atoms with E-state index in [1.165, 1.54) is 44.9 Å². The molecule has 1 unspecified atom stereocenters.